The van der Waals surface area contributed by atoms with Crippen LogP contribution in [0.4, 0.5) is 5.69 Å². The smallest absolute Gasteiger partial charge is 0.340 e. The molecule has 0 unspecified atom stereocenters. The summed E-state index contributed by atoms with van der Waals surface area (Å²) in [6.07, 6.45) is 3.11. The first-order valence-corrected chi connectivity index (χ1v) is 10.6. The number of para-hydroxylation sites is 1. The molecule has 0 saturated heterocycles. The van der Waals surface area contributed by atoms with Gasteiger partial charge < -0.3 is 9.73 Å². The van der Waals surface area contributed by atoms with Crippen LogP contribution < -0.4 is 10.9 Å². The van der Waals surface area contributed by atoms with Crippen molar-refractivity contribution < 1.29 is 9.21 Å². The maximum Gasteiger partial charge on any atom is 0.340 e. The van der Waals surface area contributed by atoms with Crippen molar-refractivity contribution in [3.8, 4) is 11.1 Å². The fourth-order valence-electron chi connectivity index (χ4n) is 4.47. The van der Waals surface area contributed by atoms with Crippen molar-refractivity contribution in [3.63, 3.8) is 0 Å². The van der Waals surface area contributed by atoms with Gasteiger partial charge in [0.1, 0.15) is 5.58 Å². The largest absolute Gasteiger partial charge is 0.422 e. The van der Waals surface area contributed by atoms with Gasteiger partial charge in [0.25, 0.3) is 0 Å². The van der Waals surface area contributed by atoms with Crippen LogP contribution in [0, 0.1) is 6.92 Å². The maximum absolute atomic E-state index is 13.0. The second kappa shape index (κ2) is 7.88. The summed E-state index contributed by atoms with van der Waals surface area (Å²) in [4.78, 5) is 25.9. The molecular formula is C27H23NO3. The first-order chi connectivity index (χ1) is 15.1. The normalized spacial score (nSPS) is 12.7. The third kappa shape index (κ3) is 3.66. The topological polar surface area (TPSA) is 59.3 Å². The summed E-state index contributed by atoms with van der Waals surface area (Å²) in [7, 11) is 0. The van der Waals surface area contributed by atoms with E-state index >= 15 is 0 Å². The Hall–Kier alpha value is -3.66. The van der Waals surface area contributed by atoms with Gasteiger partial charge in [-0.1, -0.05) is 48.5 Å². The van der Waals surface area contributed by atoms with Crippen molar-refractivity contribution >= 4 is 22.6 Å². The Labute approximate surface area is 180 Å². The quantitative estimate of drug-likeness (QED) is 0.457. The van der Waals surface area contributed by atoms with E-state index in [1.165, 1.54) is 11.1 Å². The molecule has 154 valence electrons. The number of carbonyl (C=O) groups excluding carboxylic acids is 1. The highest BCUT2D eigenvalue weighted by atomic mass is 16.4. The van der Waals surface area contributed by atoms with E-state index in [4.69, 9.17) is 4.42 Å². The minimum Gasteiger partial charge on any atom is -0.422 e. The lowest BCUT2D eigenvalue weighted by molar-refractivity contribution is -0.115. The Bertz CT molecular complexity index is 1350. The van der Waals surface area contributed by atoms with Crippen molar-refractivity contribution in [2.45, 2.75) is 32.6 Å². The van der Waals surface area contributed by atoms with Crippen LogP contribution >= 0.6 is 0 Å². The first kappa shape index (κ1) is 19.3. The van der Waals surface area contributed by atoms with Crippen LogP contribution in [0.3, 0.4) is 0 Å². The van der Waals surface area contributed by atoms with Gasteiger partial charge in [0, 0.05) is 16.6 Å². The number of carbonyl (C=O) groups is 1. The molecule has 1 aromatic heterocycles. The van der Waals surface area contributed by atoms with Gasteiger partial charge in [-0.15, -0.1) is 0 Å². The van der Waals surface area contributed by atoms with E-state index < -0.39 is 5.63 Å². The Morgan fingerprint density at radius 2 is 1.68 bits per heavy atom. The third-order valence-electron chi connectivity index (χ3n) is 6.03. The molecule has 0 spiro atoms. The fourth-order valence-corrected chi connectivity index (χ4v) is 4.47. The highest BCUT2D eigenvalue weighted by Gasteiger charge is 2.22. The van der Waals surface area contributed by atoms with Crippen molar-refractivity contribution in [3.05, 3.63) is 99.4 Å². The molecule has 0 fully saturated rings. The van der Waals surface area contributed by atoms with Gasteiger partial charge in [0.15, 0.2) is 0 Å². The molecule has 0 atom stereocenters. The Morgan fingerprint density at radius 1 is 0.968 bits per heavy atom. The van der Waals surface area contributed by atoms with Crippen LogP contribution in [0.5, 0.6) is 0 Å². The van der Waals surface area contributed by atoms with E-state index in [1.54, 1.807) is 0 Å². The Kier molecular flexibility index (Phi) is 4.91. The van der Waals surface area contributed by atoms with Gasteiger partial charge >= 0.3 is 5.63 Å². The fraction of sp³-hybridized carbons (Fsp3) is 0.185. The van der Waals surface area contributed by atoms with E-state index in [-0.39, 0.29) is 12.3 Å². The van der Waals surface area contributed by atoms with Crippen molar-refractivity contribution in [1.29, 1.82) is 0 Å². The third-order valence-corrected chi connectivity index (χ3v) is 6.03. The molecular weight excluding hydrogens is 386 g/mol. The summed E-state index contributed by atoms with van der Waals surface area (Å²) in [5.41, 5.74) is 6.50. The first-order valence-electron chi connectivity index (χ1n) is 10.6. The number of anilines is 1. The summed E-state index contributed by atoms with van der Waals surface area (Å²) in [5.74, 6) is -0.237. The highest BCUT2D eigenvalue weighted by Crippen LogP contribution is 2.35. The van der Waals surface area contributed by atoms with E-state index in [9.17, 15) is 9.59 Å². The molecule has 3 aromatic carbocycles. The number of hydrogen-bond acceptors (Lipinski definition) is 3. The van der Waals surface area contributed by atoms with E-state index in [0.29, 0.717) is 11.1 Å². The highest BCUT2D eigenvalue weighted by molar-refractivity contribution is 5.99. The number of amides is 1. The molecule has 4 aromatic rings. The van der Waals surface area contributed by atoms with Crippen LogP contribution in [0.15, 0.2) is 75.9 Å². The van der Waals surface area contributed by atoms with E-state index in [0.717, 1.165) is 47.0 Å². The maximum atomic E-state index is 13.0. The second-order valence-electron chi connectivity index (χ2n) is 8.12. The molecule has 4 heteroatoms. The lowest BCUT2D eigenvalue weighted by Crippen LogP contribution is -2.21. The number of nitrogens with one attached hydrogen (secondary N) is 1. The number of benzene rings is 3. The SMILES string of the molecule is Cc1ccccc1NC(=O)Cc1c(-c2ccccc2)c2cc3c(cc2oc1=O)CCC3. The van der Waals surface area contributed by atoms with Gasteiger partial charge in [0.05, 0.1) is 12.0 Å². The zero-order valence-electron chi connectivity index (χ0n) is 17.4. The number of rotatable bonds is 4. The molecule has 4 nitrogen and oxygen atoms in total. The summed E-state index contributed by atoms with van der Waals surface area (Å²) in [5, 5.41) is 3.83. The van der Waals surface area contributed by atoms with Gasteiger partial charge in [-0.3, -0.25) is 4.79 Å². The molecule has 1 heterocycles. The van der Waals surface area contributed by atoms with E-state index in [1.807, 2.05) is 67.6 Å². The molecule has 1 N–H and O–H groups in total. The summed E-state index contributed by atoms with van der Waals surface area (Å²) >= 11 is 0. The summed E-state index contributed by atoms with van der Waals surface area (Å²) in [6, 6.07) is 21.5. The average molecular weight is 409 g/mol. The molecule has 0 bridgehead atoms. The second-order valence-corrected chi connectivity index (χ2v) is 8.12. The summed E-state index contributed by atoms with van der Waals surface area (Å²) < 4.78 is 5.72. The molecule has 0 aliphatic heterocycles. The lowest BCUT2D eigenvalue weighted by Gasteiger charge is -2.14. The molecule has 1 aliphatic carbocycles. The minimum atomic E-state index is -0.454. The zero-order chi connectivity index (χ0) is 21.4. The zero-order valence-corrected chi connectivity index (χ0v) is 17.4. The standard InChI is InChI=1S/C27H23NO3/c1-17-8-5-6-13-23(17)28-25(29)16-22-26(18-9-3-2-4-10-18)21-14-19-11-7-12-20(19)15-24(21)31-27(22)30/h2-6,8-10,13-15H,7,11-12,16H2,1H3,(H,28,29). The number of aryl methyl sites for hydroxylation is 3. The average Bonchev–Trinajstić information content (AvgIpc) is 3.22. The van der Waals surface area contributed by atoms with Crippen LogP contribution in [0.25, 0.3) is 22.1 Å². The van der Waals surface area contributed by atoms with Crippen LogP contribution in [-0.4, -0.2) is 5.91 Å². The molecule has 31 heavy (non-hydrogen) atoms. The van der Waals surface area contributed by atoms with Gasteiger partial charge in [-0.2, -0.15) is 0 Å². The van der Waals surface area contributed by atoms with Crippen molar-refractivity contribution in [2.24, 2.45) is 0 Å². The predicted molar refractivity (Wildman–Crippen MR) is 123 cm³/mol. The summed E-state index contributed by atoms with van der Waals surface area (Å²) in [6.45, 7) is 1.94. The van der Waals surface area contributed by atoms with Gasteiger partial charge in [-0.05, 0) is 66.6 Å². The lowest BCUT2D eigenvalue weighted by atomic mass is 9.93. The molecule has 5 rings (SSSR count). The van der Waals surface area contributed by atoms with Crippen LogP contribution in [-0.2, 0) is 24.1 Å². The molecule has 1 amide bonds. The van der Waals surface area contributed by atoms with E-state index in [2.05, 4.69) is 11.4 Å². The van der Waals surface area contributed by atoms with Crippen molar-refractivity contribution in [1.82, 2.24) is 0 Å². The van der Waals surface area contributed by atoms with Gasteiger partial charge in [-0.25, -0.2) is 4.79 Å². The number of fused-ring (bicyclic) bond motifs is 2. The molecule has 0 saturated carbocycles. The van der Waals surface area contributed by atoms with Crippen LogP contribution in [0.2, 0.25) is 0 Å². The molecule has 1 aliphatic rings. The van der Waals surface area contributed by atoms with Crippen LogP contribution in [0.1, 0.15) is 28.7 Å². The predicted octanol–water partition coefficient (Wildman–Crippen LogP) is 5.44. The monoisotopic (exact) mass is 409 g/mol. The Balaban J connectivity index is 1.64. The molecule has 0 radical (unpaired) electrons. The number of hydrogen-bond donors (Lipinski definition) is 1. The van der Waals surface area contributed by atoms with Gasteiger partial charge in [0.2, 0.25) is 5.91 Å². The Morgan fingerprint density at radius 3 is 2.45 bits per heavy atom. The van der Waals surface area contributed by atoms with Crippen molar-refractivity contribution in [2.75, 3.05) is 5.32 Å². The minimum absolute atomic E-state index is 0.0477.